The Morgan fingerprint density at radius 3 is 2.89 bits per heavy atom. The number of nitrogens with zero attached hydrogens (tertiary/aromatic N) is 2. The second-order valence-electron chi connectivity index (χ2n) is 5.56. The van der Waals surface area contributed by atoms with Crippen molar-refractivity contribution in [2.24, 2.45) is 0 Å². The zero-order valence-corrected chi connectivity index (χ0v) is 11.0. The number of anilines is 1. The van der Waals surface area contributed by atoms with Crippen LogP contribution in [0.1, 0.15) is 38.9 Å². The highest BCUT2D eigenvalue weighted by atomic mass is 16.6. The molecule has 0 radical (unpaired) electrons. The van der Waals surface area contributed by atoms with Crippen LogP contribution in [0.25, 0.3) is 0 Å². The summed E-state index contributed by atoms with van der Waals surface area (Å²) in [5, 5.41) is 3.66. The molecule has 0 bridgehead atoms. The Morgan fingerprint density at radius 1 is 1.61 bits per heavy atom. The van der Waals surface area contributed by atoms with Crippen LogP contribution < -0.4 is 5.73 Å². The van der Waals surface area contributed by atoms with Gasteiger partial charge in [0.05, 0.1) is 11.9 Å². The third kappa shape index (κ3) is 2.75. The Hall–Kier alpha value is -1.72. The number of amides is 1. The van der Waals surface area contributed by atoms with Gasteiger partial charge in [-0.25, -0.2) is 4.79 Å². The number of rotatable bonds is 1. The van der Waals surface area contributed by atoms with E-state index < -0.39 is 5.60 Å². The van der Waals surface area contributed by atoms with E-state index in [1.165, 1.54) is 6.20 Å². The molecular weight excluding hydrogens is 234 g/mol. The summed E-state index contributed by atoms with van der Waals surface area (Å²) in [6.45, 7) is 6.78. The van der Waals surface area contributed by atoms with Crippen LogP contribution in [0.2, 0.25) is 0 Å². The maximum Gasteiger partial charge on any atom is 0.410 e. The largest absolute Gasteiger partial charge is 0.444 e. The molecule has 2 heterocycles. The zero-order chi connectivity index (χ0) is 13.3. The monoisotopic (exact) mass is 253 g/mol. The highest BCUT2D eigenvalue weighted by Crippen LogP contribution is 2.31. The molecule has 1 aromatic heterocycles. The molecule has 1 amide bonds. The van der Waals surface area contributed by atoms with Crippen molar-refractivity contribution in [3.63, 3.8) is 0 Å². The first-order valence-corrected chi connectivity index (χ1v) is 6.05. The van der Waals surface area contributed by atoms with E-state index in [4.69, 9.17) is 15.0 Å². The van der Waals surface area contributed by atoms with Crippen molar-refractivity contribution in [2.45, 2.75) is 38.7 Å². The first-order valence-electron chi connectivity index (χ1n) is 6.05. The molecule has 1 saturated heterocycles. The van der Waals surface area contributed by atoms with Crippen LogP contribution in [-0.4, -0.2) is 34.8 Å². The van der Waals surface area contributed by atoms with Crippen LogP contribution in [0.4, 0.5) is 10.5 Å². The van der Waals surface area contributed by atoms with Crippen LogP contribution in [-0.2, 0) is 4.74 Å². The third-order valence-corrected chi connectivity index (χ3v) is 2.84. The van der Waals surface area contributed by atoms with E-state index in [1.807, 2.05) is 20.8 Å². The summed E-state index contributed by atoms with van der Waals surface area (Å²) < 4.78 is 10.5. The molecule has 2 rings (SSSR count). The number of likely N-dealkylation sites (tertiary alicyclic amines) is 1. The van der Waals surface area contributed by atoms with Crippen molar-refractivity contribution in [3.8, 4) is 0 Å². The van der Waals surface area contributed by atoms with Gasteiger partial charge in [0.25, 0.3) is 0 Å². The van der Waals surface area contributed by atoms with Gasteiger partial charge in [0.2, 0.25) is 0 Å². The van der Waals surface area contributed by atoms with Crippen molar-refractivity contribution < 1.29 is 14.1 Å². The molecule has 1 atom stereocenters. The van der Waals surface area contributed by atoms with Crippen molar-refractivity contribution in [2.75, 3.05) is 18.8 Å². The summed E-state index contributed by atoms with van der Waals surface area (Å²) in [6.07, 6.45) is 2.02. The Bertz CT molecular complexity index is 436. The molecule has 0 spiro atoms. The van der Waals surface area contributed by atoms with Crippen molar-refractivity contribution in [1.29, 1.82) is 0 Å². The molecule has 1 aliphatic heterocycles. The van der Waals surface area contributed by atoms with Crippen LogP contribution in [0, 0.1) is 0 Å². The normalized spacial score (nSPS) is 20.2. The highest BCUT2D eigenvalue weighted by molar-refractivity contribution is 5.68. The average Bonchev–Trinajstić information content (AvgIpc) is 2.82. The van der Waals surface area contributed by atoms with Gasteiger partial charge in [-0.15, -0.1) is 0 Å². The van der Waals surface area contributed by atoms with E-state index in [1.54, 1.807) is 4.90 Å². The van der Waals surface area contributed by atoms with Crippen LogP contribution in [0.15, 0.2) is 10.7 Å². The molecule has 1 unspecified atom stereocenters. The fourth-order valence-electron chi connectivity index (χ4n) is 2.03. The molecule has 1 fully saturated rings. The van der Waals surface area contributed by atoms with Gasteiger partial charge in [0.15, 0.2) is 5.76 Å². The summed E-state index contributed by atoms with van der Waals surface area (Å²) in [7, 11) is 0. The molecule has 1 aliphatic rings. The lowest BCUT2D eigenvalue weighted by molar-refractivity contribution is 0.0291. The lowest BCUT2D eigenvalue weighted by atomic mass is 10.1. The first-order chi connectivity index (χ1) is 8.37. The third-order valence-electron chi connectivity index (χ3n) is 2.84. The molecule has 0 saturated carbocycles. The number of hydrogen-bond donors (Lipinski definition) is 1. The zero-order valence-electron chi connectivity index (χ0n) is 11.0. The SMILES string of the molecule is CC(C)(C)OC(=O)N1CCC(c2oncc2N)C1. The van der Waals surface area contributed by atoms with Gasteiger partial charge in [0, 0.05) is 19.0 Å². The van der Waals surface area contributed by atoms with Gasteiger partial charge in [-0.3, -0.25) is 0 Å². The predicted octanol–water partition coefficient (Wildman–Crippen LogP) is 1.98. The minimum Gasteiger partial charge on any atom is -0.444 e. The Balaban J connectivity index is 1.97. The van der Waals surface area contributed by atoms with Crippen LogP contribution >= 0.6 is 0 Å². The minimum atomic E-state index is -0.472. The maximum absolute atomic E-state index is 11.9. The lowest BCUT2D eigenvalue weighted by Gasteiger charge is -2.24. The molecule has 18 heavy (non-hydrogen) atoms. The molecule has 6 heteroatoms. The number of nitrogen functional groups attached to an aromatic ring is 1. The number of ether oxygens (including phenoxy) is 1. The van der Waals surface area contributed by atoms with Gasteiger partial charge >= 0.3 is 6.09 Å². The number of aromatic nitrogens is 1. The minimum absolute atomic E-state index is 0.111. The fourth-order valence-corrected chi connectivity index (χ4v) is 2.03. The molecule has 0 aliphatic carbocycles. The van der Waals surface area contributed by atoms with Crippen molar-refractivity contribution in [1.82, 2.24) is 10.1 Å². The van der Waals surface area contributed by atoms with Crippen molar-refractivity contribution in [3.05, 3.63) is 12.0 Å². The van der Waals surface area contributed by atoms with E-state index in [2.05, 4.69) is 5.16 Å². The van der Waals surface area contributed by atoms with Gasteiger partial charge < -0.3 is 19.9 Å². The molecular formula is C12H19N3O3. The predicted molar refractivity (Wildman–Crippen MR) is 66.1 cm³/mol. The highest BCUT2D eigenvalue weighted by Gasteiger charge is 2.33. The molecule has 1 aromatic rings. The van der Waals surface area contributed by atoms with E-state index >= 15 is 0 Å². The Kier molecular flexibility index (Phi) is 3.19. The quantitative estimate of drug-likeness (QED) is 0.827. The van der Waals surface area contributed by atoms with Gasteiger partial charge in [-0.1, -0.05) is 5.16 Å². The van der Waals surface area contributed by atoms with Crippen LogP contribution in [0.5, 0.6) is 0 Å². The van der Waals surface area contributed by atoms with Crippen molar-refractivity contribution >= 4 is 11.8 Å². The number of carbonyl (C=O) groups is 1. The van der Waals surface area contributed by atoms with E-state index in [-0.39, 0.29) is 12.0 Å². The summed E-state index contributed by atoms with van der Waals surface area (Å²) in [5.41, 5.74) is 5.83. The van der Waals surface area contributed by atoms with Crippen LogP contribution in [0.3, 0.4) is 0 Å². The van der Waals surface area contributed by atoms with Gasteiger partial charge in [0.1, 0.15) is 5.60 Å². The van der Waals surface area contributed by atoms with E-state index in [9.17, 15) is 4.79 Å². The Morgan fingerprint density at radius 2 is 2.33 bits per heavy atom. The summed E-state index contributed by atoms with van der Waals surface area (Å²) in [5.74, 6) is 0.779. The van der Waals surface area contributed by atoms with Gasteiger partial charge in [-0.05, 0) is 27.2 Å². The maximum atomic E-state index is 11.9. The standard InChI is InChI=1S/C12H19N3O3/c1-12(2,3)17-11(16)15-5-4-8(7-15)10-9(13)6-14-18-10/h6,8H,4-5,7,13H2,1-3H3. The average molecular weight is 253 g/mol. The second-order valence-corrected chi connectivity index (χ2v) is 5.56. The molecule has 6 nitrogen and oxygen atoms in total. The fraction of sp³-hybridized carbons (Fsp3) is 0.667. The smallest absolute Gasteiger partial charge is 0.410 e. The summed E-state index contributed by atoms with van der Waals surface area (Å²) in [6, 6.07) is 0. The number of nitrogens with two attached hydrogens (primary N) is 1. The first kappa shape index (κ1) is 12.7. The number of carbonyl (C=O) groups excluding carboxylic acids is 1. The van der Waals surface area contributed by atoms with Gasteiger partial charge in [-0.2, -0.15) is 0 Å². The van der Waals surface area contributed by atoms with E-state index in [0.29, 0.717) is 24.5 Å². The van der Waals surface area contributed by atoms with E-state index in [0.717, 1.165) is 6.42 Å². The Labute approximate surface area is 106 Å². The number of hydrogen-bond acceptors (Lipinski definition) is 5. The molecule has 100 valence electrons. The topological polar surface area (TPSA) is 81.6 Å². The summed E-state index contributed by atoms with van der Waals surface area (Å²) in [4.78, 5) is 13.6. The lowest BCUT2D eigenvalue weighted by Crippen LogP contribution is -2.35. The second kappa shape index (κ2) is 4.51. The molecule has 0 aromatic carbocycles. The summed E-state index contributed by atoms with van der Waals surface area (Å²) >= 11 is 0. The molecule has 2 N–H and O–H groups in total.